The molecule has 0 radical (unpaired) electrons. The number of amides is 1. The molecule has 1 saturated carbocycles. The van der Waals surface area contributed by atoms with E-state index >= 15 is 0 Å². The molecule has 1 aliphatic carbocycles. The minimum Gasteiger partial charge on any atom is -0.354 e. The third-order valence-corrected chi connectivity index (χ3v) is 4.01. The summed E-state index contributed by atoms with van der Waals surface area (Å²) in [6, 6.07) is 0.297. The molecule has 1 unspecified atom stereocenters. The van der Waals surface area contributed by atoms with Crippen molar-refractivity contribution >= 4 is 5.91 Å². The number of rotatable bonds is 6. The lowest BCUT2D eigenvalue weighted by Crippen LogP contribution is -2.41. The maximum absolute atomic E-state index is 12.0. The third-order valence-electron chi connectivity index (χ3n) is 4.01. The van der Waals surface area contributed by atoms with E-state index in [1.807, 2.05) is 0 Å². The molecule has 0 saturated heterocycles. The average Bonchev–Trinajstić information content (AvgIpc) is 2.30. The Labute approximate surface area is 106 Å². The smallest absolute Gasteiger partial charge is 0.220 e. The molecule has 3 heteroatoms. The number of nitrogens with two attached hydrogens (primary N) is 1. The topological polar surface area (TPSA) is 55.1 Å². The Kier molecular flexibility index (Phi) is 5.96. The second kappa shape index (κ2) is 7.00. The van der Waals surface area contributed by atoms with E-state index in [1.165, 1.54) is 19.3 Å². The van der Waals surface area contributed by atoms with Crippen LogP contribution in [-0.2, 0) is 4.79 Å². The van der Waals surface area contributed by atoms with Crippen molar-refractivity contribution in [2.45, 2.75) is 71.3 Å². The van der Waals surface area contributed by atoms with Crippen LogP contribution in [0.25, 0.3) is 0 Å². The van der Waals surface area contributed by atoms with Crippen LogP contribution in [-0.4, -0.2) is 18.5 Å². The summed E-state index contributed by atoms with van der Waals surface area (Å²) >= 11 is 0. The lowest BCUT2D eigenvalue weighted by atomic mass is 9.71. The highest BCUT2D eigenvalue weighted by Crippen LogP contribution is 2.38. The highest BCUT2D eigenvalue weighted by atomic mass is 16.1. The summed E-state index contributed by atoms with van der Waals surface area (Å²) in [6.45, 7) is 4.88. The zero-order valence-corrected chi connectivity index (χ0v) is 11.4. The van der Waals surface area contributed by atoms with Gasteiger partial charge in [0.15, 0.2) is 0 Å². The van der Waals surface area contributed by atoms with Crippen LogP contribution in [0.3, 0.4) is 0 Å². The van der Waals surface area contributed by atoms with Gasteiger partial charge in [-0.3, -0.25) is 4.79 Å². The Morgan fingerprint density at radius 2 is 2.00 bits per heavy atom. The molecule has 3 N–H and O–H groups in total. The summed E-state index contributed by atoms with van der Waals surface area (Å²) in [7, 11) is 0. The highest BCUT2D eigenvalue weighted by molar-refractivity contribution is 5.77. The molecule has 0 heterocycles. The molecule has 0 aromatic heterocycles. The fourth-order valence-corrected chi connectivity index (χ4v) is 2.93. The van der Waals surface area contributed by atoms with E-state index in [1.54, 1.807) is 0 Å². The van der Waals surface area contributed by atoms with E-state index < -0.39 is 0 Å². The van der Waals surface area contributed by atoms with Crippen LogP contribution in [0, 0.1) is 5.41 Å². The molecule has 0 aliphatic heterocycles. The predicted molar refractivity (Wildman–Crippen MR) is 71.7 cm³/mol. The van der Waals surface area contributed by atoms with Crippen LogP contribution in [0.4, 0.5) is 0 Å². The first-order valence-corrected chi connectivity index (χ1v) is 7.11. The Morgan fingerprint density at radius 1 is 1.35 bits per heavy atom. The van der Waals surface area contributed by atoms with Crippen LogP contribution in [0.5, 0.6) is 0 Å². The molecule has 17 heavy (non-hydrogen) atoms. The molecule has 1 rings (SSSR count). The molecule has 1 aliphatic rings. The number of nitrogens with one attached hydrogen (secondary N) is 1. The number of hydrogen-bond acceptors (Lipinski definition) is 2. The van der Waals surface area contributed by atoms with E-state index in [-0.39, 0.29) is 11.3 Å². The zero-order valence-electron chi connectivity index (χ0n) is 11.4. The monoisotopic (exact) mass is 240 g/mol. The highest BCUT2D eigenvalue weighted by Gasteiger charge is 2.33. The minimum absolute atomic E-state index is 0.0915. The normalized spacial score (nSPS) is 20.9. The molecule has 0 aromatic carbocycles. The first-order chi connectivity index (χ1) is 8.12. The second-order valence-electron chi connectivity index (χ2n) is 5.70. The van der Waals surface area contributed by atoms with Gasteiger partial charge in [-0.15, -0.1) is 0 Å². The van der Waals surface area contributed by atoms with Gasteiger partial charge in [-0.1, -0.05) is 32.6 Å². The summed E-state index contributed by atoms with van der Waals surface area (Å²) in [6.07, 6.45) is 8.81. The van der Waals surface area contributed by atoms with Crippen molar-refractivity contribution in [3.8, 4) is 0 Å². The lowest BCUT2D eigenvalue weighted by Gasteiger charge is -2.36. The third kappa shape index (κ3) is 4.66. The van der Waals surface area contributed by atoms with Crippen molar-refractivity contribution in [2.24, 2.45) is 11.1 Å². The molecule has 0 aromatic rings. The standard InChI is InChI=1S/C14H28N2O/c1-3-7-12(2)16-13(17)10-14(11-15)8-5-4-6-9-14/h12H,3-11,15H2,1-2H3,(H,16,17). The van der Waals surface area contributed by atoms with Gasteiger partial charge in [-0.2, -0.15) is 0 Å². The van der Waals surface area contributed by atoms with Gasteiger partial charge in [-0.25, -0.2) is 0 Å². The van der Waals surface area contributed by atoms with E-state index in [0.29, 0.717) is 19.0 Å². The minimum atomic E-state index is 0.0915. The Balaban J connectivity index is 2.41. The molecule has 1 fully saturated rings. The molecular formula is C14H28N2O. The van der Waals surface area contributed by atoms with Crippen molar-refractivity contribution < 1.29 is 4.79 Å². The van der Waals surface area contributed by atoms with Crippen molar-refractivity contribution in [3.05, 3.63) is 0 Å². The maximum atomic E-state index is 12.0. The van der Waals surface area contributed by atoms with Crippen molar-refractivity contribution in [2.75, 3.05) is 6.54 Å². The van der Waals surface area contributed by atoms with Gasteiger partial charge < -0.3 is 11.1 Å². The SMILES string of the molecule is CCCC(C)NC(=O)CC1(CN)CCCCC1. The Hall–Kier alpha value is -0.570. The fraction of sp³-hybridized carbons (Fsp3) is 0.929. The molecule has 0 spiro atoms. The van der Waals surface area contributed by atoms with Crippen molar-refractivity contribution in [3.63, 3.8) is 0 Å². The number of carbonyl (C=O) groups is 1. The lowest BCUT2D eigenvalue weighted by molar-refractivity contribution is -0.124. The first kappa shape index (κ1) is 14.5. The van der Waals surface area contributed by atoms with Gasteiger partial charge in [-0.05, 0) is 38.1 Å². The first-order valence-electron chi connectivity index (χ1n) is 7.11. The maximum Gasteiger partial charge on any atom is 0.220 e. The van der Waals surface area contributed by atoms with Crippen LogP contribution in [0.15, 0.2) is 0 Å². The summed E-state index contributed by atoms with van der Waals surface area (Å²) in [4.78, 5) is 12.0. The van der Waals surface area contributed by atoms with Gasteiger partial charge in [0.05, 0.1) is 0 Å². The number of carbonyl (C=O) groups excluding carboxylic acids is 1. The van der Waals surface area contributed by atoms with E-state index in [9.17, 15) is 4.79 Å². The van der Waals surface area contributed by atoms with Crippen LogP contribution < -0.4 is 11.1 Å². The van der Waals surface area contributed by atoms with Gasteiger partial charge in [0.1, 0.15) is 0 Å². The van der Waals surface area contributed by atoms with Gasteiger partial charge in [0.25, 0.3) is 0 Å². The molecule has 1 atom stereocenters. The zero-order chi connectivity index (χ0) is 12.7. The van der Waals surface area contributed by atoms with Crippen LogP contribution in [0.1, 0.15) is 65.2 Å². The molecule has 3 nitrogen and oxygen atoms in total. The van der Waals surface area contributed by atoms with Gasteiger partial charge in [0.2, 0.25) is 5.91 Å². The summed E-state index contributed by atoms with van der Waals surface area (Å²) < 4.78 is 0. The molecule has 0 bridgehead atoms. The van der Waals surface area contributed by atoms with Gasteiger partial charge >= 0.3 is 0 Å². The number of hydrogen-bond donors (Lipinski definition) is 2. The Morgan fingerprint density at radius 3 is 2.53 bits per heavy atom. The largest absolute Gasteiger partial charge is 0.354 e. The van der Waals surface area contributed by atoms with E-state index in [0.717, 1.165) is 25.7 Å². The summed E-state index contributed by atoms with van der Waals surface area (Å²) in [5.74, 6) is 0.193. The summed E-state index contributed by atoms with van der Waals surface area (Å²) in [5, 5.41) is 3.09. The van der Waals surface area contributed by atoms with Crippen LogP contribution in [0.2, 0.25) is 0 Å². The summed E-state index contributed by atoms with van der Waals surface area (Å²) in [5.41, 5.74) is 5.99. The quantitative estimate of drug-likeness (QED) is 0.750. The van der Waals surface area contributed by atoms with E-state index in [4.69, 9.17) is 5.73 Å². The van der Waals surface area contributed by atoms with E-state index in [2.05, 4.69) is 19.2 Å². The van der Waals surface area contributed by atoms with Crippen molar-refractivity contribution in [1.29, 1.82) is 0 Å². The van der Waals surface area contributed by atoms with Crippen LogP contribution >= 0.6 is 0 Å². The van der Waals surface area contributed by atoms with Gasteiger partial charge in [0, 0.05) is 12.5 Å². The average molecular weight is 240 g/mol. The predicted octanol–water partition coefficient (Wildman–Crippen LogP) is 2.59. The molecule has 1 amide bonds. The Bertz CT molecular complexity index is 234. The van der Waals surface area contributed by atoms with Crippen molar-refractivity contribution in [1.82, 2.24) is 5.32 Å². The molecular weight excluding hydrogens is 212 g/mol. The fourth-order valence-electron chi connectivity index (χ4n) is 2.93. The second-order valence-corrected chi connectivity index (χ2v) is 5.70. The molecule has 100 valence electrons.